The number of rotatable bonds is 5. The van der Waals surface area contributed by atoms with Gasteiger partial charge in [0, 0.05) is 11.3 Å². The van der Waals surface area contributed by atoms with E-state index in [0.29, 0.717) is 28.0 Å². The van der Waals surface area contributed by atoms with Crippen molar-refractivity contribution in [3.8, 4) is 11.3 Å². The lowest BCUT2D eigenvalue weighted by Gasteiger charge is -2.09. The quantitative estimate of drug-likeness (QED) is 0.495. The number of hydrogen-bond acceptors (Lipinski definition) is 6. The molecule has 9 heteroatoms. The number of hydrogen-bond donors (Lipinski definition) is 1. The summed E-state index contributed by atoms with van der Waals surface area (Å²) in [7, 11) is -3.33. The van der Waals surface area contributed by atoms with Gasteiger partial charge in [0.05, 0.1) is 33.0 Å². The van der Waals surface area contributed by atoms with Crippen molar-refractivity contribution in [3.63, 3.8) is 0 Å². The minimum Gasteiger partial charge on any atom is -0.335 e. The van der Waals surface area contributed by atoms with Gasteiger partial charge in [0.1, 0.15) is 5.82 Å². The molecule has 7 nitrogen and oxygen atoms in total. The molecule has 158 valence electrons. The number of carbonyl (C=O) groups excluding carboxylic acids is 1. The first-order chi connectivity index (χ1) is 14.8. The first-order valence-corrected chi connectivity index (χ1v) is 11.1. The number of aromatic nitrogens is 2. The molecule has 4 aromatic rings. The largest absolute Gasteiger partial charge is 0.335 e. The Morgan fingerprint density at radius 2 is 1.77 bits per heavy atom. The molecular formula is C22H18FN3O4S. The lowest BCUT2D eigenvalue weighted by atomic mass is 10.0. The van der Waals surface area contributed by atoms with Gasteiger partial charge in [-0.15, -0.1) is 0 Å². The summed E-state index contributed by atoms with van der Waals surface area (Å²) in [6.07, 6.45) is 0. The number of fused-ring (bicyclic) bond motifs is 1. The van der Waals surface area contributed by atoms with E-state index in [1.165, 1.54) is 36.4 Å². The van der Waals surface area contributed by atoms with Crippen LogP contribution in [0.4, 0.5) is 10.1 Å². The van der Waals surface area contributed by atoms with Gasteiger partial charge in [0.15, 0.2) is 9.84 Å². The van der Waals surface area contributed by atoms with Crippen molar-refractivity contribution in [1.29, 1.82) is 0 Å². The van der Waals surface area contributed by atoms with Crippen LogP contribution in [0.5, 0.6) is 0 Å². The predicted octanol–water partition coefficient (Wildman–Crippen LogP) is 4.38. The van der Waals surface area contributed by atoms with Crippen molar-refractivity contribution in [1.82, 2.24) is 10.1 Å². The fourth-order valence-electron chi connectivity index (χ4n) is 3.15. The van der Waals surface area contributed by atoms with E-state index in [2.05, 4.69) is 15.5 Å². The van der Waals surface area contributed by atoms with E-state index in [-0.39, 0.29) is 27.7 Å². The van der Waals surface area contributed by atoms with E-state index in [1.807, 2.05) is 0 Å². The molecule has 0 saturated heterocycles. The molecule has 2 aromatic heterocycles. The Bertz CT molecular complexity index is 1380. The maximum absolute atomic E-state index is 13.3. The number of carbonyl (C=O) groups is 1. The average molecular weight is 439 g/mol. The highest BCUT2D eigenvalue weighted by molar-refractivity contribution is 7.91. The third kappa shape index (κ3) is 4.04. The number of aryl methyl sites for hydroxylation is 1. The summed E-state index contributed by atoms with van der Waals surface area (Å²) in [5, 5.41) is 7.13. The van der Waals surface area contributed by atoms with E-state index in [0.717, 1.165) is 0 Å². The van der Waals surface area contributed by atoms with Gasteiger partial charge < -0.3 is 9.84 Å². The predicted molar refractivity (Wildman–Crippen MR) is 114 cm³/mol. The Labute approximate surface area is 177 Å². The third-order valence-corrected chi connectivity index (χ3v) is 6.60. The highest BCUT2D eigenvalue weighted by atomic mass is 32.2. The summed E-state index contributed by atoms with van der Waals surface area (Å²) in [4.78, 5) is 17.7. The minimum absolute atomic E-state index is 0.00731. The standard InChI is InChI=1S/C22H18FN3O4S/c1-3-31(28,29)17-10-8-16(9-11-17)24-21(27)18-12-19(14-4-6-15(23)7-5-14)25-22-20(18)13(2)26-30-22/h4-12H,3H2,1-2H3,(H,24,27). The Balaban J connectivity index is 1.72. The second-order valence-electron chi connectivity index (χ2n) is 6.89. The first-order valence-electron chi connectivity index (χ1n) is 9.45. The van der Waals surface area contributed by atoms with Crippen LogP contribution < -0.4 is 5.32 Å². The first kappa shape index (κ1) is 20.7. The van der Waals surface area contributed by atoms with Crippen LogP contribution in [0.25, 0.3) is 22.4 Å². The summed E-state index contributed by atoms with van der Waals surface area (Å²) in [6, 6.07) is 13.3. The van der Waals surface area contributed by atoms with E-state index in [1.54, 1.807) is 32.0 Å². The molecule has 0 fully saturated rings. The average Bonchev–Trinajstić information content (AvgIpc) is 3.14. The number of benzene rings is 2. The monoisotopic (exact) mass is 439 g/mol. The van der Waals surface area contributed by atoms with Crippen LogP contribution in [-0.2, 0) is 9.84 Å². The van der Waals surface area contributed by atoms with Gasteiger partial charge in [-0.25, -0.2) is 17.8 Å². The van der Waals surface area contributed by atoms with Crippen molar-refractivity contribution < 1.29 is 22.1 Å². The number of halogens is 1. The highest BCUT2D eigenvalue weighted by Gasteiger charge is 2.20. The van der Waals surface area contributed by atoms with Crippen LogP contribution in [-0.4, -0.2) is 30.2 Å². The Hall–Kier alpha value is -3.59. The molecule has 0 bridgehead atoms. The molecule has 2 aromatic carbocycles. The highest BCUT2D eigenvalue weighted by Crippen LogP contribution is 2.28. The third-order valence-electron chi connectivity index (χ3n) is 4.85. The Morgan fingerprint density at radius 3 is 2.42 bits per heavy atom. The summed E-state index contributed by atoms with van der Waals surface area (Å²) in [6.45, 7) is 3.27. The Morgan fingerprint density at radius 1 is 1.10 bits per heavy atom. The van der Waals surface area contributed by atoms with Gasteiger partial charge in [0.2, 0.25) is 0 Å². The molecule has 0 aliphatic rings. The van der Waals surface area contributed by atoms with Crippen LogP contribution in [0.2, 0.25) is 0 Å². The molecule has 0 spiro atoms. The van der Waals surface area contributed by atoms with Gasteiger partial charge in [-0.2, -0.15) is 0 Å². The van der Waals surface area contributed by atoms with Crippen molar-refractivity contribution >= 4 is 32.5 Å². The van der Waals surface area contributed by atoms with Crippen LogP contribution in [0.1, 0.15) is 23.0 Å². The number of anilines is 1. The number of nitrogens with one attached hydrogen (secondary N) is 1. The number of amides is 1. The van der Waals surface area contributed by atoms with E-state index in [4.69, 9.17) is 4.52 Å². The molecule has 4 rings (SSSR count). The van der Waals surface area contributed by atoms with Crippen molar-refractivity contribution in [3.05, 3.63) is 71.7 Å². The van der Waals surface area contributed by atoms with Gasteiger partial charge in [0.25, 0.3) is 11.6 Å². The molecule has 0 atom stereocenters. The van der Waals surface area contributed by atoms with Crippen molar-refractivity contribution in [2.75, 3.05) is 11.1 Å². The normalized spacial score (nSPS) is 11.6. The molecule has 31 heavy (non-hydrogen) atoms. The van der Waals surface area contributed by atoms with Gasteiger partial charge in [-0.3, -0.25) is 4.79 Å². The molecule has 1 amide bonds. The molecule has 0 radical (unpaired) electrons. The zero-order valence-corrected chi connectivity index (χ0v) is 17.5. The molecule has 0 aliphatic carbocycles. The Kier molecular flexibility index (Phi) is 5.28. The summed E-state index contributed by atoms with van der Waals surface area (Å²) in [5.74, 6) is -0.827. The van der Waals surface area contributed by atoms with E-state index < -0.39 is 15.7 Å². The lowest BCUT2D eigenvalue weighted by molar-refractivity contribution is 0.102. The topological polar surface area (TPSA) is 102 Å². The summed E-state index contributed by atoms with van der Waals surface area (Å²) in [5.41, 5.74) is 2.45. The molecule has 1 N–H and O–H groups in total. The molecular weight excluding hydrogens is 421 g/mol. The van der Waals surface area contributed by atoms with E-state index in [9.17, 15) is 17.6 Å². The number of pyridine rings is 1. The van der Waals surface area contributed by atoms with Crippen LogP contribution in [0, 0.1) is 12.7 Å². The smallest absolute Gasteiger partial charge is 0.259 e. The maximum atomic E-state index is 13.3. The number of nitrogens with zero attached hydrogens (tertiary/aromatic N) is 2. The van der Waals surface area contributed by atoms with Crippen molar-refractivity contribution in [2.24, 2.45) is 0 Å². The van der Waals surface area contributed by atoms with Gasteiger partial charge in [-0.05, 0) is 61.5 Å². The lowest BCUT2D eigenvalue weighted by Crippen LogP contribution is -2.13. The second kappa shape index (κ2) is 7.92. The van der Waals surface area contributed by atoms with Crippen molar-refractivity contribution in [2.45, 2.75) is 18.7 Å². The van der Waals surface area contributed by atoms with E-state index >= 15 is 0 Å². The van der Waals surface area contributed by atoms with Crippen LogP contribution in [0.3, 0.4) is 0 Å². The van der Waals surface area contributed by atoms with Gasteiger partial charge in [-0.1, -0.05) is 12.1 Å². The number of sulfone groups is 1. The minimum atomic E-state index is -3.33. The summed E-state index contributed by atoms with van der Waals surface area (Å²) >= 11 is 0. The zero-order valence-electron chi connectivity index (χ0n) is 16.7. The molecule has 0 saturated carbocycles. The van der Waals surface area contributed by atoms with Crippen LogP contribution >= 0.6 is 0 Å². The fraction of sp³-hybridized carbons (Fsp3) is 0.136. The maximum Gasteiger partial charge on any atom is 0.259 e. The van der Waals surface area contributed by atoms with Crippen LogP contribution in [0.15, 0.2) is 64.0 Å². The summed E-state index contributed by atoms with van der Waals surface area (Å²) < 4.78 is 42.5. The fourth-order valence-corrected chi connectivity index (χ4v) is 4.04. The SMILES string of the molecule is CCS(=O)(=O)c1ccc(NC(=O)c2cc(-c3ccc(F)cc3)nc3onc(C)c23)cc1. The van der Waals surface area contributed by atoms with Gasteiger partial charge >= 0.3 is 0 Å². The second-order valence-corrected chi connectivity index (χ2v) is 9.17. The molecule has 0 unspecified atom stereocenters. The molecule has 2 heterocycles. The molecule has 0 aliphatic heterocycles. The zero-order chi connectivity index (χ0) is 22.2.